The fraction of sp³-hybridized carbons (Fsp3) is 0. The van der Waals surface area contributed by atoms with Gasteiger partial charge in [-0.2, -0.15) is 4.98 Å². The van der Waals surface area contributed by atoms with Gasteiger partial charge in [-0.15, -0.1) is 0 Å². The maximum Gasteiger partial charge on any atom is 0.224 e. The lowest BCUT2D eigenvalue weighted by Gasteiger charge is -2.02. The molecular weight excluding hydrogens is 234 g/mol. The Labute approximate surface area is 94.2 Å². The minimum absolute atomic E-state index is 0.0101. The molecule has 0 saturated carbocycles. The van der Waals surface area contributed by atoms with Gasteiger partial charge in [-0.1, -0.05) is 0 Å². The minimum atomic E-state index is -0.702. The first-order valence-corrected chi connectivity index (χ1v) is 4.66. The van der Waals surface area contributed by atoms with Crippen LogP contribution < -0.4 is 5.73 Å². The van der Waals surface area contributed by atoms with Crippen LogP contribution in [0, 0.1) is 16.4 Å². The van der Waals surface area contributed by atoms with Crippen LogP contribution >= 0.6 is 12.2 Å². The summed E-state index contributed by atoms with van der Waals surface area (Å²) >= 11 is 4.74. The zero-order valence-corrected chi connectivity index (χ0v) is 8.68. The predicted molar refractivity (Wildman–Crippen MR) is 57.0 cm³/mol. The van der Waals surface area contributed by atoms with Crippen LogP contribution in [0.5, 0.6) is 0 Å². The predicted octanol–water partition coefficient (Wildman–Crippen LogP) is 2.06. The summed E-state index contributed by atoms with van der Waals surface area (Å²) in [5, 5.41) is 0. The van der Waals surface area contributed by atoms with Crippen LogP contribution in [0.2, 0.25) is 0 Å². The molecule has 0 saturated heterocycles. The van der Waals surface area contributed by atoms with Gasteiger partial charge in [-0.3, -0.25) is 0 Å². The third-order valence-corrected chi connectivity index (χ3v) is 1.99. The Morgan fingerprint density at radius 2 is 1.75 bits per heavy atom. The van der Waals surface area contributed by atoms with E-state index in [2.05, 4.69) is 15.0 Å². The third-order valence-electron chi connectivity index (χ3n) is 1.81. The molecule has 0 bridgehead atoms. The Morgan fingerprint density at radius 1 is 1.12 bits per heavy atom. The lowest BCUT2D eigenvalue weighted by atomic mass is 10.2. The number of rotatable bonds is 1. The average Bonchev–Trinajstić information content (AvgIpc) is 2.14. The summed E-state index contributed by atoms with van der Waals surface area (Å²) in [6, 6.07) is 3.01. The van der Waals surface area contributed by atoms with E-state index in [9.17, 15) is 8.78 Å². The van der Waals surface area contributed by atoms with E-state index < -0.39 is 11.6 Å². The Morgan fingerprint density at radius 3 is 2.31 bits per heavy atom. The largest absolute Gasteiger partial charge is 0.369 e. The number of H-pyrrole nitrogens is 1. The van der Waals surface area contributed by atoms with Crippen molar-refractivity contribution < 1.29 is 8.78 Å². The molecule has 16 heavy (non-hydrogen) atoms. The Hall–Kier alpha value is -1.89. The van der Waals surface area contributed by atoms with E-state index in [1.807, 2.05) is 0 Å². The standard InChI is InChI=1S/C9H6F2N4S/c10-5-1-4(2-6(11)3-5)7-13-8(12)15-9(16)14-7/h1-3H,(H3,12,13,14,15,16). The molecule has 82 valence electrons. The molecule has 1 aromatic carbocycles. The molecule has 0 unspecified atom stereocenters. The zero-order valence-electron chi connectivity index (χ0n) is 7.87. The highest BCUT2D eigenvalue weighted by Crippen LogP contribution is 2.17. The van der Waals surface area contributed by atoms with Gasteiger partial charge in [0.15, 0.2) is 0 Å². The number of aromatic amines is 1. The molecule has 0 aliphatic heterocycles. The van der Waals surface area contributed by atoms with Crippen LogP contribution in [0.1, 0.15) is 0 Å². The van der Waals surface area contributed by atoms with Gasteiger partial charge in [0.1, 0.15) is 17.5 Å². The second-order valence-corrected chi connectivity index (χ2v) is 3.39. The molecule has 1 heterocycles. The van der Waals surface area contributed by atoms with Crippen molar-refractivity contribution in [3.63, 3.8) is 0 Å². The van der Waals surface area contributed by atoms with Gasteiger partial charge in [0.05, 0.1) is 0 Å². The summed E-state index contributed by atoms with van der Waals surface area (Å²) in [5.74, 6) is -1.19. The number of nitrogens with one attached hydrogen (secondary N) is 1. The highest BCUT2D eigenvalue weighted by Gasteiger charge is 2.06. The lowest BCUT2D eigenvalue weighted by molar-refractivity contribution is 0.584. The first kappa shape index (κ1) is 10.6. The van der Waals surface area contributed by atoms with Crippen molar-refractivity contribution in [1.29, 1.82) is 0 Å². The van der Waals surface area contributed by atoms with E-state index in [-0.39, 0.29) is 22.1 Å². The van der Waals surface area contributed by atoms with Crippen molar-refractivity contribution in [3.05, 3.63) is 34.6 Å². The maximum absolute atomic E-state index is 13.0. The Balaban J connectivity index is 2.62. The number of hydrogen-bond donors (Lipinski definition) is 2. The van der Waals surface area contributed by atoms with Crippen molar-refractivity contribution >= 4 is 18.2 Å². The van der Waals surface area contributed by atoms with Crippen molar-refractivity contribution in [1.82, 2.24) is 15.0 Å². The molecule has 2 rings (SSSR count). The average molecular weight is 240 g/mol. The van der Waals surface area contributed by atoms with Crippen molar-refractivity contribution in [2.24, 2.45) is 0 Å². The number of hydrogen-bond acceptors (Lipinski definition) is 4. The number of benzene rings is 1. The molecule has 7 heteroatoms. The highest BCUT2D eigenvalue weighted by molar-refractivity contribution is 7.71. The van der Waals surface area contributed by atoms with Crippen molar-refractivity contribution in [2.75, 3.05) is 5.73 Å². The van der Waals surface area contributed by atoms with Crippen molar-refractivity contribution in [2.45, 2.75) is 0 Å². The molecule has 0 radical (unpaired) electrons. The SMILES string of the molecule is Nc1nc(=S)nc(-c2cc(F)cc(F)c2)[nH]1. The first-order chi connectivity index (χ1) is 7.54. The van der Waals surface area contributed by atoms with Gasteiger partial charge in [0.2, 0.25) is 10.7 Å². The second-order valence-electron chi connectivity index (χ2n) is 3.02. The molecule has 0 aliphatic rings. The number of aromatic nitrogens is 3. The second kappa shape index (κ2) is 3.93. The fourth-order valence-corrected chi connectivity index (χ4v) is 1.42. The van der Waals surface area contributed by atoms with Gasteiger partial charge in [-0.25, -0.2) is 13.8 Å². The number of nitrogens with zero attached hydrogens (tertiary/aromatic N) is 2. The molecule has 0 aliphatic carbocycles. The van der Waals surface area contributed by atoms with E-state index >= 15 is 0 Å². The molecule has 0 spiro atoms. The molecule has 0 fully saturated rings. The van der Waals surface area contributed by atoms with Gasteiger partial charge in [0.25, 0.3) is 0 Å². The van der Waals surface area contributed by atoms with E-state index in [1.165, 1.54) is 0 Å². The quantitative estimate of drug-likeness (QED) is 0.749. The van der Waals surface area contributed by atoms with Crippen molar-refractivity contribution in [3.8, 4) is 11.4 Å². The van der Waals surface area contributed by atoms with E-state index in [0.29, 0.717) is 0 Å². The summed E-state index contributed by atoms with van der Waals surface area (Å²) in [5.41, 5.74) is 5.63. The van der Waals surface area contributed by atoms with Crippen LogP contribution in [0.4, 0.5) is 14.7 Å². The number of halogens is 2. The normalized spacial score (nSPS) is 10.4. The Bertz CT molecular complexity index is 576. The minimum Gasteiger partial charge on any atom is -0.369 e. The van der Waals surface area contributed by atoms with Crippen LogP contribution in [-0.4, -0.2) is 15.0 Å². The van der Waals surface area contributed by atoms with Gasteiger partial charge < -0.3 is 10.7 Å². The van der Waals surface area contributed by atoms with Gasteiger partial charge in [0, 0.05) is 11.6 Å². The summed E-state index contributed by atoms with van der Waals surface area (Å²) in [7, 11) is 0. The van der Waals surface area contributed by atoms with E-state index in [4.69, 9.17) is 18.0 Å². The number of anilines is 1. The molecule has 0 amide bonds. The van der Waals surface area contributed by atoms with Crippen LogP contribution in [0.3, 0.4) is 0 Å². The van der Waals surface area contributed by atoms with E-state index in [0.717, 1.165) is 18.2 Å². The summed E-state index contributed by atoms with van der Waals surface area (Å²) < 4.78 is 25.9. The lowest BCUT2D eigenvalue weighted by Crippen LogP contribution is -2.00. The number of nitrogen functional groups attached to an aromatic ring is 1. The molecule has 1 aromatic heterocycles. The monoisotopic (exact) mass is 240 g/mol. The molecule has 0 atom stereocenters. The summed E-state index contributed by atoms with van der Waals surface area (Å²) in [6.45, 7) is 0. The van der Waals surface area contributed by atoms with Gasteiger partial charge in [-0.05, 0) is 24.4 Å². The van der Waals surface area contributed by atoms with E-state index in [1.54, 1.807) is 0 Å². The van der Waals surface area contributed by atoms with Crippen LogP contribution in [-0.2, 0) is 0 Å². The molecule has 4 nitrogen and oxygen atoms in total. The number of nitrogens with two attached hydrogens (primary N) is 1. The first-order valence-electron chi connectivity index (χ1n) is 4.25. The summed E-state index contributed by atoms with van der Waals surface area (Å²) in [4.78, 5) is 10.0. The maximum atomic E-state index is 13.0. The third kappa shape index (κ3) is 2.19. The topological polar surface area (TPSA) is 67.6 Å². The highest BCUT2D eigenvalue weighted by atomic mass is 32.1. The smallest absolute Gasteiger partial charge is 0.224 e. The summed E-state index contributed by atoms with van der Waals surface area (Å²) in [6.07, 6.45) is 0. The van der Waals surface area contributed by atoms with Crippen LogP contribution in [0.25, 0.3) is 11.4 Å². The Kier molecular flexibility index (Phi) is 2.61. The van der Waals surface area contributed by atoms with Crippen LogP contribution in [0.15, 0.2) is 18.2 Å². The zero-order chi connectivity index (χ0) is 11.7. The molecule has 2 aromatic rings. The fourth-order valence-electron chi connectivity index (χ4n) is 1.23. The molecular formula is C9H6F2N4S. The van der Waals surface area contributed by atoms with Gasteiger partial charge >= 0.3 is 0 Å². The molecule has 3 N–H and O–H groups in total.